The van der Waals surface area contributed by atoms with E-state index >= 15 is 0 Å². The predicted octanol–water partition coefficient (Wildman–Crippen LogP) is 10.2. The van der Waals surface area contributed by atoms with E-state index in [2.05, 4.69) is 138 Å². The number of benzene rings is 5. The molecule has 8 aromatic rings. The van der Waals surface area contributed by atoms with Gasteiger partial charge in [-0.25, -0.2) is 4.98 Å². The van der Waals surface area contributed by atoms with Crippen LogP contribution in [-0.2, 0) is 0 Å². The lowest BCUT2D eigenvalue weighted by Gasteiger charge is -2.16. The Bertz CT molecular complexity index is 2410. The molecule has 3 heteroatoms. The van der Waals surface area contributed by atoms with Crippen molar-refractivity contribution in [2.75, 3.05) is 0 Å². The summed E-state index contributed by atoms with van der Waals surface area (Å²) in [6.07, 6.45) is 8.12. The number of aromatic amines is 1. The van der Waals surface area contributed by atoms with Crippen LogP contribution in [-0.4, -0.2) is 14.5 Å². The lowest BCUT2D eigenvalue weighted by molar-refractivity contribution is 0.735. The number of para-hydroxylation sites is 3. The zero-order valence-electron chi connectivity index (χ0n) is 22.7. The molecule has 3 aromatic heterocycles. The molecule has 1 aliphatic carbocycles. The Balaban J connectivity index is 1.48. The third kappa shape index (κ3) is 3.23. The van der Waals surface area contributed by atoms with E-state index in [9.17, 15) is 0 Å². The summed E-state index contributed by atoms with van der Waals surface area (Å²) in [4.78, 5) is 8.86. The lowest BCUT2D eigenvalue weighted by atomic mass is 9.96. The number of aromatic nitrogens is 3. The fraction of sp³-hybridized carbons (Fsp3) is 0.0789. The van der Waals surface area contributed by atoms with Crippen LogP contribution >= 0.6 is 0 Å². The molecule has 1 unspecified atom stereocenters. The second-order valence-corrected chi connectivity index (χ2v) is 11.4. The van der Waals surface area contributed by atoms with Crippen LogP contribution in [0.1, 0.15) is 13.3 Å². The molecule has 0 fully saturated rings. The molecule has 0 radical (unpaired) electrons. The normalized spacial score (nSPS) is 15.6. The van der Waals surface area contributed by atoms with Crippen LogP contribution in [0.25, 0.3) is 82.2 Å². The fourth-order valence-corrected chi connectivity index (χ4v) is 6.93. The van der Waals surface area contributed by atoms with Crippen LogP contribution in [0, 0.1) is 5.92 Å². The van der Waals surface area contributed by atoms with Gasteiger partial charge in [0.15, 0.2) is 0 Å². The smallest absolute Gasteiger partial charge is 0.0709 e. The lowest BCUT2D eigenvalue weighted by Crippen LogP contribution is -2.02. The molecule has 194 valence electrons. The van der Waals surface area contributed by atoms with E-state index in [1.165, 1.54) is 54.6 Å². The fourth-order valence-electron chi connectivity index (χ4n) is 6.93. The second kappa shape index (κ2) is 8.42. The molecule has 9 rings (SSSR count). The minimum atomic E-state index is 0.496. The Morgan fingerprint density at radius 1 is 0.756 bits per heavy atom. The molecule has 3 heterocycles. The molecule has 1 aliphatic rings. The Labute approximate surface area is 237 Å². The summed E-state index contributed by atoms with van der Waals surface area (Å²) in [6.45, 7) is 2.30. The highest BCUT2D eigenvalue weighted by molar-refractivity contribution is 6.36. The van der Waals surface area contributed by atoms with Crippen molar-refractivity contribution in [1.82, 2.24) is 14.5 Å². The van der Waals surface area contributed by atoms with Gasteiger partial charge < -0.3 is 9.55 Å². The van der Waals surface area contributed by atoms with Gasteiger partial charge in [-0.1, -0.05) is 91.9 Å². The number of nitrogens with zero attached hydrogens (tertiary/aromatic N) is 2. The van der Waals surface area contributed by atoms with Crippen molar-refractivity contribution in [3.05, 3.63) is 121 Å². The maximum atomic E-state index is 5.05. The highest BCUT2D eigenvalue weighted by Crippen LogP contribution is 2.46. The Morgan fingerprint density at radius 3 is 2.51 bits per heavy atom. The zero-order valence-corrected chi connectivity index (χ0v) is 22.7. The van der Waals surface area contributed by atoms with Crippen molar-refractivity contribution in [3.63, 3.8) is 0 Å². The first kappa shape index (κ1) is 22.6. The molecule has 3 nitrogen and oxygen atoms in total. The summed E-state index contributed by atoms with van der Waals surface area (Å²) in [7, 11) is 0. The second-order valence-electron chi connectivity index (χ2n) is 11.4. The predicted molar refractivity (Wildman–Crippen MR) is 174 cm³/mol. The van der Waals surface area contributed by atoms with Crippen LogP contribution in [0.5, 0.6) is 0 Å². The van der Waals surface area contributed by atoms with E-state index in [4.69, 9.17) is 4.98 Å². The first-order valence-electron chi connectivity index (χ1n) is 14.4. The van der Waals surface area contributed by atoms with Crippen LogP contribution in [0.2, 0.25) is 0 Å². The maximum Gasteiger partial charge on any atom is 0.0709 e. The highest BCUT2D eigenvalue weighted by atomic mass is 15.0. The van der Waals surface area contributed by atoms with Crippen molar-refractivity contribution in [2.45, 2.75) is 13.3 Å². The summed E-state index contributed by atoms with van der Waals surface area (Å²) in [5.74, 6) is 0.496. The van der Waals surface area contributed by atoms with Crippen molar-refractivity contribution in [1.29, 1.82) is 0 Å². The third-order valence-electron chi connectivity index (χ3n) is 8.78. The van der Waals surface area contributed by atoms with E-state index in [0.29, 0.717) is 5.92 Å². The summed E-state index contributed by atoms with van der Waals surface area (Å²) >= 11 is 0. The summed E-state index contributed by atoms with van der Waals surface area (Å²) < 4.78 is 2.50. The molecule has 41 heavy (non-hydrogen) atoms. The van der Waals surface area contributed by atoms with Crippen LogP contribution in [0.3, 0.4) is 0 Å². The SMILES string of the molecule is CC1C=C(n2c3ccccc3c3c4cc(-c5ccc6ccccc6n5)ccc4c4[nH]c5ccccc5c4c32)C=CC1. The van der Waals surface area contributed by atoms with Gasteiger partial charge in [-0.15, -0.1) is 0 Å². The average molecular weight is 526 g/mol. The molecule has 5 aromatic carbocycles. The maximum absolute atomic E-state index is 5.05. The first-order chi connectivity index (χ1) is 20.2. The number of rotatable bonds is 2. The highest BCUT2D eigenvalue weighted by Gasteiger charge is 2.23. The van der Waals surface area contributed by atoms with Gasteiger partial charge in [0.2, 0.25) is 0 Å². The van der Waals surface area contributed by atoms with Crippen LogP contribution in [0.15, 0.2) is 121 Å². The number of hydrogen-bond donors (Lipinski definition) is 1. The molecule has 0 spiro atoms. The van der Waals surface area contributed by atoms with Crippen molar-refractivity contribution < 1.29 is 0 Å². The van der Waals surface area contributed by atoms with Crippen molar-refractivity contribution in [2.24, 2.45) is 5.92 Å². The van der Waals surface area contributed by atoms with Gasteiger partial charge in [-0.05, 0) is 54.1 Å². The van der Waals surface area contributed by atoms with Gasteiger partial charge in [-0.3, -0.25) is 0 Å². The average Bonchev–Trinajstić information content (AvgIpc) is 3.57. The number of hydrogen-bond acceptors (Lipinski definition) is 1. The molecular weight excluding hydrogens is 498 g/mol. The monoisotopic (exact) mass is 525 g/mol. The van der Waals surface area contributed by atoms with E-state index in [1.54, 1.807) is 0 Å². The molecular formula is C38H27N3. The molecule has 0 bridgehead atoms. The Hall–Kier alpha value is -5.15. The third-order valence-corrected chi connectivity index (χ3v) is 8.78. The first-order valence-corrected chi connectivity index (χ1v) is 14.4. The zero-order chi connectivity index (χ0) is 27.1. The number of fused-ring (bicyclic) bond motifs is 11. The van der Waals surface area contributed by atoms with Crippen LogP contribution in [0.4, 0.5) is 0 Å². The van der Waals surface area contributed by atoms with E-state index in [0.717, 1.165) is 34.1 Å². The molecule has 1 N–H and O–H groups in total. The van der Waals surface area contributed by atoms with Gasteiger partial charge in [0.05, 0.1) is 27.8 Å². The van der Waals surface area contributed by atoms with E-state index in [1.807, 2.05) is 0 Å². The quantitative estimate of drug-likeness (QED) is 0.239. The topological polar surface area (TPSA) is 33.6 Å². The van der Waals surface area contributed by atoms with E-state index in [-0.39, 0.29) is 0 Å². The summed E-state index contributed by atoms with van der Waals surface area (Å²) in [6, 6.07) is 37.1. The number of pyridine rings is 1. The summed E-state index contributed by atoms with van der Waals surface area (Å²) in [5.41, 5.74) is 9.23. The Morgan fingerprint density at radius 2 is 1.59 bits per heavy atom. The minimum absolute atomic E-state index is 0.496. The number of H-pyrrole nitrogens is 1. The van der Waals surface area contributed by atoms with Crippen LogP contribution < -0.4 is 0 Å². The van der Waals surface area contributed by atoms with Gasteiger partial charge in [0.1, 0.15) is 0 Å². The van der Waals surface area contributed by atoms with Gasteiger partial charge >= 0.3 is 0 Å². The molecule has 1 atom stereocenters. The molecule has 0 saturated carbocycles. The minimum Gasteiger partial charge on any atom is -0.354 e. The van der Waals surface area contributed by atoms with Crippen molar-refractivity contribution >= 4 is 71.0 Å². The van der Waals surface area contributed by atoms with Gasteiger partial charge in [0, 0.05) is 49.1 Å². The van der Waals surface area contributed by atoms with E-state index < -0.39 is 0 Å². The van der Waals surface area contributed by atoms with Gasteiger partial charge in [-0.2, -0.15) is 0 Å². The largest absolute Gasteiger partial charge is 0.354 e. The number of nitrogens with one attached hydrogen (secondary N) is 1. The molecule has 0 amide bonds. The van der Waals surface area contributed by atoms with Gasteiger partial charge in [0.25, 0.3) is 0 Å². The molecule has 0 aliphatic heterocycles. The standard InChI is InChI=1S/C38H27N3/c1-23-9-8-11-26(21-23)41-34-16-7-4-13-29(34)35-30-22-25(32-20-18-24-10-2-5-14-31(24)39-32)17-19-27(30)37-36(38(35)41)28-12-3-6-15-33(28)40-37/h2-8,10-23,40H,9H2,1H3. The summed E-state index contributed by atoms with van der Waals surface area (Å²) in [5, 5.41) is 8.74. The Kier molecular flexibility index (Phi) is 4.65. The van der Waals surface area contributed by atoms with Crippen molar-refractivity contribution in [3.8, 4) is 11.3 Å². The molecule has 0 saturated heterocycles. The number of allylic oxidation sites excluding steroid dienone is 4.